The van der Waals surface area contributed by atoms with Crippen LogP contribution in [0.25, 0.3) is 0 Å². The van der Waals surface area contributed by atoms with E-state index in [9.17, 15) is 5.11 Å². The standard InChI is InChI=1S/C13H21NO2/c1-4-14-9-12-7-5-6-8-13(12)16-11(3)10(2)15/h5-8,10-11,14-15H,4,9H2,1-3H3. The largest absolute Gasteiger partial charge is 0.488 e. The van der Waals surface area contributed by atoms with E-state index in [1.807, 2.05) is 31.2 Å². The Morgan fingerprint density at radius 3 is 2.62 bits per heavy atom. The van der Waals surface area contributed by atoms with Crippen molar-refractivity contribution in [2.24, 2.45) is 0 Å². The molecule has 0 saturated carbocycles. The summed E-state index contributed by atoms with van der Waals surface area (Å²) < 4.78 is 5.71. The normalized spacial score (nSPS) is 14.5. The van der Waals surface area contributed by atoms with Crippen molar-refractivity contribution in [2.75, 3.05) is 6.54 Å². The predicted octanol–water partition coefficient (Wildman–Crippen LogP) is 1.94. The highest BCUT2D eigenvalue weighted by Gasteiger charge is 2.12. The van der Waals surface area contributed by atoms with Crippen LogP contribution in [0.15, 0.2) is 24.3 Å². The van der Waals surface area contributed by atoms with Crippen LogP contribution in [0.4, 0.5) is 0 Å². The Hall–Kier alpha value is -1.06. The Kier molecular flexibility index (Phi) is 5.29. The molecule has 0 fully saturated rings. The molecular formula is C13H21NO2. The van der Waals surface area contributed by atoms with Crippen LogP contribution in [0.2, 0.25) is 0 Å². The second-order valence-corrected chi connectivity index (χ2v) is 3.95. The van der Waals surface area contributed by atoms with Gasteiger partial charge in [0.25, 0.3) is 0 Å². The average Bonchev–Trinajstić information content (AvgIpc) is 2.27. The third kappa shape index (κ3) is 3.83. The lowest BCUT2D eigenvalue weighted by Gasteiger charge is -2.19. The van der Waals surface area contributed by atoms with Crippen LogP contribution in [0.1, 0.15) is 26.3 Å². The Morgan fingerprint density at radius 2 is 2.00 bits per heavy atom. The van der Waals surface area contributed by atoms with Gasteiger partial charge >= 0.3 is 0 Å². The van der Waals surface area contributed by atoms with Crippen molar-refractivity contribution in [2.45, 2.75) is 39.5 Å². The summed E-state index contributed by atoms with van der Waals surface area (Å²) in [4.78, 5) is 0. The maximum absolute atomic E-state index is 9.41. The first kappa shape index (κ1) is 13.0. The smallest absolute Gasteiger partial charge is 0.124 e. The van der Waals surface area contributed by atoms with Crippen molar-refractivity contribution in [3.05, 3.63) is 29.8 Å². The van der Waals surface area contributed by atoms with Crippen LogP contribution in [0.5, 0.6) is 5.75 Å². The van der Waals surface area contributed by atoms with Crippen LogP contribution < -0.4 is 10.1 Å². The van der Waals surface area contributed by atoms with E-state index in [0.29, 0.717) is 0 Å². The van der Waals surface area contributed by atoms with E-state index in [0.717, 1.165) is 24.4 Å². The minimum atomic E-state index is -0.466. The van der Waals surface area contributed by atoms with E-state index in [4.69, 9.17) is 4.74 Å². The SMILES string of the molecule is CCNCc1ccccc1OC(C)C(C)O. The lowest BCUT2D eigenvalue weighted by molar-refractivity contribution is 0.0597. The molecule has 0 spiro atoms. The second kappa shape index (κ2) is 6.51. The number of rotatable bonds is 6. The van der Waals surface area contributed by atoms with Crippen molar-refractivity contribution in [3.8, 4) is 5.75 Å². The van der Waals surface area contributed by atoms with Gasteiger partial charge in [0.1, 0.15) is 11.9 Å². The zero-order chi connectivity index (χ0) is 12.0. The molecule has 16 heavy (non-hydrogen) atoms. The first-order valence-electron chi connectivity index (χ1n) is 5.78. The first-order valence-corrected chi connectivity index (χ1v) is 5.78. The quantitative estimate of drug-likeness (QED) is 0.774. The van der Waals surface area contributed by atoms with Crippen LogP contribution >= 0.6 is 0 Å². The zero-order valence-electron chi connectivity index (χ0n) is 10.2. The van der Waals surface area contributed by atoms with Gasteiger partial charge in [0.2, 0.25) is 0 Å². The van der Waals surface area contributed by atoms with Gasteiger partial charge in [-0.2, -0.15) is 0 Å². The van der Waals surface area contributed by atoms with Gasteiger partial charge in [0, 0.05) is 12.1 Å². The third-order valence-corrected chi connectivity index (χ3v) is 2.53. The predicted molar refractivity (Wildman–Crippen MR) is 65.6 cm³/mol. The molecular weight excluding hydrogens is 202 g/mol. The number of para-hydroxylation sites is 1. The molecule has 1 aromatic rings. The van der Waals surface area contributed by atoms with E-state index >= 15 is 0 Å². The molecule has 0 radical (unpaired) electrons. The molecule has 0 aliphatic rings. The molecule has 90 valence electrons. The van der Waals surface area contributed by atoms with E-state index in [1.165, 1.54) is 0 Å². The molecule has 0 aliphatic carbocycles. The van der Waals surface area contributed by atoms with Gasteiger partial charge in [-0.1, -0.05) is 25.1 Å². The molecule has 1 rings (SSSR count). The number of aliphatic hydroxyl groups excluding tert-OH is 1. The molecule has 0 saturated heterocycles. The highest BCUT2D eigenvalue weighted by Crippen LogP contribution is 2.19. The number of ether oxygens (including phenoxy) is 1. The highest BCUT2D eigenvalue weighted by atomic mass is 16.5. The van der Waals surface area contributed by atoms with Crippen LogP contribution in [-0.4, -0.2) is 23.9 Å². The number of hydrogen-bond donors (Lipinski definition) is 2. The first-order chi connectivity index (χ1) is 7.65. The van der Waals surface area contributed by atoms with E-state index in [-0.39, 0.29) is 6.10 Å². The summed E-state index contributed by atoms with van der Waals surface area (Å²) in [6.45, 7) is 7.40. The molecule has 2 atom stereocenters. The molecule has 2 N–H and O–H groups in total. The van der Waals surface area contributed by atoms with Gasteiger partial charge in [-0.05, 0) is 26.5 Å². The Bertz CT molecular complexity index is 313. The van der Waals surface area contributed by atoms with Crippen molar-refractivity contribution in [1.82, 2.24) is 5.32 Å². The minimum absolute atomic E-state index is 0.192. The Labute approximate surface area is 97.4 Å². The Morgan fingerprint density at radius 1 is 1.31 bits per heavy atom. The lowest BCUT2D eigenvalue weighted by atomic mass is 10.2. The summed E-state index contributed by atoms with van der Waals surface area (Å²) in [5, 5.41) is 12.7. The summed E-state index contributed by atoms with van der Waals surface area (Å²) in [5.74, 6) is 0.844. The number of benzene rings is 1. The van der Waals surface area contributed by atoms with Crippen molar-refractivity contribution in [3.63, 3.8) is 0 Å². The molecule has 0 bridgehead atoms. The van der Waals surface area contributed by atoms with Crippen molar-refractivity contribution < 1.29 is 9.84 Å². The summed E-state index contributed by atoms with van der Waals surface area (Å²) in [6, 6.07) is 7.91. The molecule has 1 aromatic carbocycles. The molecule has 0 aromatic heterocycles. The summed E-state index contributed by atoms with van der Waals surface area (Å²) in [5.41, 5.74) is 1.12. The fourth-order valence-corrected chi connectivity index (χ4v) is 1.32. The maximum atomic E-state index is 9.41. The molecule has 0 aliphatic heterocycles. The second-order valence-electron chi connectivity index (χ2n) is 3.95. The van der Waals surface area contributed by atoms with Gasteiger partial charge in [0.15, 0.2) is 0 Å². The number of aliphatic hydroxyl groups is 1. The molecule has 3 nitrogen and oxygen atoms in total. The number of nitrogens with one attached hydrogen (secondary N) is 1. The van der Waals surface area contributed by atoms with Gasteiger partial charge in [-0.25, -0.2) is 0 Å². The molecule has 3 heteroatoms. The third-order valence-electron chi connectivity index (χ3n) is 2.53. The average molecular weight is 223 g/mol. The monoisotopic (exact) mass is 223 g/mol. The Balaban J connectivity index is 2.70. The van der Waals surface area contributed by atoms with Gasteiger partial charge < -0.3 is 15.2 Å². The summed E-state index contributed by atoms with van der Waals surface area (Å²) >= 11 is 0. The highest BCUT2D eigenvalue weighted by molar-refractivity contribution is 5.33. The molecule has 0 heterocycles. The lowest BCUT2D eigenvalue weighted by Crippen LogP contribution is -2.26. The zero-order valence-corrected chi connectivity index (χ0v) is 10.2. The van der Waals surface area contributed by atoms with E-state index in [1.54, 1.807) is 6.92 Å². The minimum Gasteiger partial charge on any atom is -0.488 e. The fraction of sp³-hybridized carbons (Fsp3) is 0.538. The topological polar surface area (TPSA) is 41.5 Å². The van der Waals surface area contributed by atoms with Crippen LogP contribution in [0, 0.1) is 0 Å². The number of hydrogen-bond acceptors (Lipinski definition) is 3. The van der Waals surface area contributed by atoms with E-state index < -0.39 is 6.10 Å². The van der Waals surface area contributed by atoms with Gasteiger partial charge in [-0.3, -0.25) is 0 Å². The summed E-state index contributed by atoms with van der Waals surface area (Å²) in [7, 11) is 0. The van der Waals surface area contributed by atoms with Crippen LogP contribution in [-0.2, 0) is 6.54 Å². The van der Waals surface area contributed by atoms with Gasteiger partial charge in [-0.15, -0.1) is 0 Å². The van der Waals surface area contributed by atoms with Gasteiger partial charge in [0.05, 0.1) is 6.10 Å². The molecule has 2 unspecified atom stereocenters. The van der Waals surface area contributed by atoms with E-state index in [2.05, 4.69) is 12.2 Å². The fourth-order valence-electron chi connectivity index (χ4n) is 1.32. The van der Waals surface area contributed by atoms with Crippen LogP contribution in [0.3, 0.4) is 0 Å². The van der Waals surface area contributed by atoms with Crippen molar-refractivity contribution >= 4 is 0 Å². The van der Waals surface area contributed by atoms with Crippen molar-refractivity contribution in [1.29, 1.82) is 0 Å². The molecule has 0 amide bonds. The maximum Gasteiger partial charge on any atom is 0.124 e. The summed E-state index contributed by atoms with van der Waals surface area (Å²) in [6.07, 6.45) is -0.657.